The summed E-state index contributed by atoms with van der Waals surface area (Å²) in [6.07, 6.45) is 0. The Morgan fingerprint density at radius 3 is 2.77 bits per heavy atom. The minimum atomic E-state index is -0.853. The normalized spacial score (nSPS) is 10.4. The Balaban J connectivity index is 2.61. The van der Waals surface area contributed by atoms with Crippen LogP contribution >= 0.6 is 0 Å². The molecule has 2 nitrogen and oxygen atoms in total. The van der Waals surface area contributed by atoms with Crippen molar-refractivity contribution in [3.05, 3.63) is 35.4 Å². The number of benzene rings is 1. The van der Waals surface area contributed by atoms with E-state index in [0.29, 0.717) is 13.2 Å². The molecule has 0 amide bonds. The van der Waals surface area contributed by atoms with Crippen LogP contribution in [0.3, 0.4) is 0 Å². The molecule has 0 radical (unpaired) electrons. The summed E-state index contributed by atoms with van der Waals surface area (Å²) in [4.78, 5) is 0. The van der Waals surface area contributed by atoms with Crippen molar-refractivity contribution in [2.45, 2.75) is 6.61 Å². The topological polar surface area (TPSA) is 35.2 Å². The van der Waals surface area contributed by atoms with Crippen LogP contribution in [-0.4, -0.2) is 13.2 Å². The molecule has 0 aliphatic rings. The van der Waals surface area contributed by atoms with Gasteiger partial charge in [0, 0.05) is 12.1 Å². The zero-order valence-electron chi connectivity index (χ0n) is 7.09. The summed E-state index contributed by atoms with van der Waals surface area (Å²) < 4.78 is 30.5. The van der Waals surface area contributed by atoms with Crippen LogP contribution in [0.1, 0.15) is 5.56 Å². The van der Waals surface area contributed by atoms with E-state index in [4.69, 9.17) is 10.5 Å². The van der Waals surface area contributed by atoms with Gasteiger partial charge in [0.1, 0.15) is 0 Å². The van der Waals surface area contributed by atoms with Crippen LogP contribution in [0, 0.1) is 11.6 Å². The predicted octanol–water partition coefficient (Wildman–Crippen LogP) is 1.44. The molecule has 72 valence electrons. The Kier molecular flexibility index (Phi) is 3.79. The Bertz CT molecular complexity index is 278. The summed E-state index contributed by atoms with van der Waals surface area (Å²) in [6.45, 7) is 0.772. The average Bonchev–Trinajstić information content (AvgIpc) is 2.13. The number of hydrogen-bond acceptors (Lipinski definition) is 2. The van der Waals surface area contributed by atoms with Gasteiger partial charge < -0.3 is 10.5 Å². The van der Waals surface area contributed by atoms with Crippen molar-refractivity contribution in [2.75, 3.05) is 13.2 Å². The standard InChI is InChI=1S/C9H11F2NO/c10-8-3-1-2-7(9(8)11)6-13-5-4-12/h1-3H,4-6,12H2. The summed E-state index contributed by atoms with van der Waals surface area (Å²) in [5, 5.41) is 0. The Labute approximate surface area is 75.3 Å². The first-order valence-electron chi connectivity index (χ1n) is 3.96. The summed E-state index contributed by atoms with van der Waals surface area (Å²) in [7, 11) is 0. The maximum Gasteiger partial charge on any atom is 0.164 e. The molecule has 0 aromatic heterocycles. The van der Waals surface area contributed by atoms with Crippen molar-refractivity contribution in [3.63, 3.8) is 0 Å². The van der Waals surface area contributed by atoms with Gasteiger partial charge in [-0.1, -0.05) is 12.1 Å². The molecule has 2 N–H and O–H groups in total. The van der Waals surface area contributed by atoms with Gasteiger partial charge >= 0.3 is 0 Å². The first kappa shape index (κ1) is 10.1. The number of halogens is 2. The zero-order chi connectivity index (χ0) is 9.68. The highest BCUT2D eigenvalue weighted by Crippen LogP contribution is 2.11. The fourth-order valence-electron chi connectivity index (χ4n) is 0.925. The molecule has 1 aromatic rings. The van der Waals surface area contributed by atoms with Gasteiger partial charge in [0.15, 0.2) is 11.6 Å². The highest BCUT2D eigenvalue weighted by Gasteiger charge is 2.06. The van der Waals surface area contributed by atoms with Crippen molar-refractivity contribution in [1.29, 1.82) is 0 Å². The minimum Gasteiger partial charge on any atom is -0.375 e. The zero-order valence-corrected chi connectivity index (χ0v) is 7.09. The monoisotopic (exact) mass is 187 g/mol. The van der Waals surface area contributed by atoms with Crippen LogP contribution in [-0.2, 0) is 11.3 Å². The van der Waals surface area contributed by atoms with Gasteiger partial charge in [-0.3, -0.25) is 0 Å². The fraction of sp³-hybridized carbons (Fsp3) is 0.333. The molecular formula is C9H11F2NO. The van der Waals surface area contributed by atoms with E-state index in [0.717, 1.165) is 6.07 Å². The van der Waals surface area contributed by atoms with Gasteiger partial charge in [-0.2, -0.15) is 0 Å². The van der Waals surface area contributed by atoms with Gasteiger partial charge in [0.05, 0.1) is 13.2 Å². The second kappa shape index (κ2) is 4.89. The SMILES string of the molecule is NCCOCc1cccc(F)c1F. The van der Waals surface area contributed by atoms with E-state index >= 15 is 0 Å². The third-order valence-electron chi connectivity index (χ3n) is 1.55. The quantitative estimate of drug-likeness (QED) is 0.724. The van der Waals surface area contributed by atoms with Gasteiger partial charge in [0.25, 0.3) is 0 Å². The summed E-state index contributed by atoms with van der Waals surface area (Å²) in [5.74, 6) is -1.70. The van der Waals surface area contributed by atoms with Crippen LogP contribution in [0.2, 0.25) is 0 Å². The molecule has 0 bridgehead atoms. The third-order valence-corrected chi connectivity index (χ3v) is 1.55. The van der Waals surface area contributed by atoms with Crippen molar-refractivity contribution in [3.8, 4) is 0 Å². The van der Waals surface area contributed by atoms with Gasteiger partial charge in [-0.15, -0.1) is 0 Å². The number of ether oxygens (including phenoxy) is 1. The second-order valence-electron chi connectivity index (χ2n) is 2.55. The molecule has 0 heterocycles. The molecule has 1 aromatic carbocycles. The molecule has 0 spiro atoms. The van der Waals surface area contributed by atoms with E-state index in [1.165, 1.54) is 12.1 Å². The summed E-state index contributed by atoms with van der Waals surface area (Å²) in [5.41, 5.74) is 5.38. The lowest BCUT2D eigenvalue weighted by Crippen LogP contribution is -2.09. The molecule has 4 heteroatoms. The maximum absolute atomic E-state index is 12.9. The van der Waals surface area contributed by atoms with E-state index < -0.39 is 11.6 Å². The van der Waals surface area contributed by atoms with E-state index in [-0.39, 0.29) is 12.2 Å². The lowest BCUT2D eigenvalue weighted by Gasteiger charge is -2.04. The molecule has 0 aliphatic heterocycles. The number of nitrogens with two attached hydrogens (primary N) is 1. The molecule has 13 heavy (non-hydrogen) atoms. The average molecular weight is 187 g/mol. The van der Waals surface area contributed by atoms with Gasteiger partial charge in [-0.25, -0.2) is 8.78 Å². The van der Waals surface area contributed by atoms with Crippen LogP contribution in [0.15, 0.2) is 18.2 Å². The maximum atomic E-state index is 12.9. The molecule has 1 rings (SSSR count). The Morgan fingerprint density at radius 2 is 2.08 bits per heavy atom. The molecule has 0 saturated carbocycles. The van der Waals surface area contributed by atoms with E-state index in [1.54, 1.807) is 0 Å². The third kappa shape index (κ3) is 2.75. The van der Waals surface area contributed by atoms with Crippen LogP contribution in [0.5, 0.6) is 0 Å². The fourth-order valence-corrected chi connectivity index (χ4v) is 0.925. The van der Waals surface area contributed by atoms with Crippen molar-refractivity contribution in [2.24, 2.45) is 5.73 Å². The van der Waals surface area contributed by atoms with Gasteiger partial charge in [-0.05, 0) is 6.07 Å². The first-order chi connectivity index (χ1) is 6.25. The van der Waals surface area contributed by atoms with Crippen molar-refractivity contribution < 1.29 is 13.5 Å². The van der Waals surface area contributed by atoms with Crippen LogP contribution in [0.4, 0.5) is 8.78 Å². The Hall–Kier alpha value is -1.00. The van der Waals surface area contributed by atoms with Crippen LogP contribution < -0.4 is 5.73 Å². The van der Waals surface area contributed by atoms with Crippen molar-refractivity contribution in [1.82, 2.24) is 0 Å². The molecule has 0 aliphatic carbocycles. The van der Waals surface area contributed by atoms with E-state index in [1.807, 2.05) is 0 Å². The highest BCUT2D eigenvalue weighted by atomic mass is 19.2. The lowest BCUT2D eigenvalue weighted by atomic mass is 10.2. The first-order valence-corrected chi connectivity index (χ1v) is 3.96. The van der Waals surface area contributed by atoms with Crippen molar-refractivity contribution >= 4 is 0 Å². The van der Waals surface area contributed by atoms with Crippen LogP contribution in [0.25, 0.3) is 0 Å². The van der Waals surface area contributed by atoms with E-state index in [9.17, 15) is 8.78 Å². The molecule has 0 unspecified atom stereocenters. The molecule has 0 atom stereocenters. The molecule has 0 fully saturated rings. The smallest absolute Gasteiger partial charge is 0.164 e. The van der Waals surface area contributed by atoms with Gasteiger partial charge in [0.2, 0.25) is 0 Å². The largest absolute Gasteiger partial charge is 0.375 e. The molecular weight excluding hydrogens is 176 g/mol. The number of rotatable bonds is 4. The minimum absolute atomic E-state index is 0.0563. The number of hydrogen-bond donors (Lipinski definition) is 1. The lowest BCUT2D eigenvalue weighted by molar-refractivity contribution is 0.125. The summed E-state index contributed by atoms with van der Waals surface area (Å²) in [6, 6.07) is 4.00. The summed E-state index contributed by atoms with van der Waals surface area (Å²) >= 11 is 0. The second-order valence-corrected chi connectivity index (χ2v) is 2.55. The predicted molar refractivity (Wildman–Crippen MR) is 45.1 cm³/mol. The Morgan fingerprint density at radius 1 is 1.31 bits per heavy atom. The highest BCUT2D eigenvalue weighted by molar-refractivity contribution is 5.17. The van der Waals surface area contributed by atoms with E-state index in [2.05, 4.69) is 0 Å². The molecule has 0 saturated heterocycles.